The quantitative estimate of drug-likeness (QED) is 0.807. The summed E-state index contributed by atoms with van der Waals surface area (Å²) in [5, 5.41) is 0. The van der Waals surface area contributed by atoms with Crippen molar-refractivity contribution in [2.24, 2.45) is 0 Å². The minimum Gasteiger partial charge on any atom is -0.328 e. The number of hydrogen-bond donors (Lipinski definition) is 1. The second-order valence-electron chi connectivity index (χ2n) is 2.50. The van der Waals surface area contributed by atoms with Crippen LogP contribution < -0.4 is 0 Å². The Morgan fingerprint density at radius 2 is 2.07 bits per heavy atom. The molecule has 4 nitrogen and oxygen atoms in total. The average molecular weight is 269 g/mol. The smallest absolute Gasteiger partial charge is 0.158 e. The van der Waals surface area contributed by atoms with E-state index in [1.54, 1.807) is 24.8 Å². The van der Waals surface area contributed by atoms with Gasteiger partial charge in [-0.2, -0.15) is 0 Å². The van der Waals surface area contributed by atoms with Crippen molar-refractivity contribution in [3.8, 4) is 11.5 Å². The van der Waals surface area contributed by atoms with Gasteiger partial charge in [0.25, 0.3) is 0 Å². The Kier molecular flexibility index (Phi) is 2.64. The van der Waals surface area contributed by atoms with Gasteiger partial charge < -0.3 is 4.98 Å². The third-order valence-corrected chi connectivity index (χ3v) is 2.75. The number of halogens is 1. The molecule has 0 radical (unpaired) electrons. The molecule has 6 heteroatoms. The highest BCUT2D eigenvalue weighted by molar-refractivity contribution is 9.10. The highest BCUT2D eigenvalue weighted by atomic mass is 79.9. The van der Waals surface area contributed by atoms with Crippen LogP contribution in [0.1, 0.15) is 0 Å². The number of aromatic amines is 1. The van der Waals surface area contributed by atoms with Crippen LogP contribution in [0.2, 0.25) is 0 Å². The van der Waals surface area contributed by atoms with Crippen LogP contribution in [0.25, 0.3) is 11.5 Å². The molecule has 0 aliphatic rings. The summed E-state index contributed by atoms with van der Waals surface area (Å²) in [6, 6.07) is 0. The molecule has 2 aromatic rings. The number of aromatic nitrogens is 4. The standard InChI is InChI=1S/C8H5BrN4S/c9-5-3-12-7(13-8(5)14)6-4-10-1-2-11-6/h1-4H,(H,12,13,14). The first-order chi connectivity index (χ1) is 6.77. The van der Waals surface area contributed by atoms with Crippen LogP contribution in [0.15, 0.2) is 29.3 Å². The van der Waals surface area contributed by atoms with Crippen molar-refractivity contribution < 1.29 is 0 Å². The van der Waals surface area contributed by atoms with Crippen LogP contribution in [0.5, 0.6) is 0 Å². The number of rotatable bonds is 1. The predicted molar refractivity (Wildman–Crippen MR) is 58.1 cm³/mol. The maximum atomic E-state index is 5.05. The summed E-state index contributed by atoms with van der Waals surface area (Å²) in [6.07, 6.45) is 6.48. The first-order valence-electron chi connectivity index (χ1n) is 3.78. The van der Waals surface area contributed by atoms with Crippen molar-refractivity contribution in [3.05, 3.63) is 33.9 Å². The highest BCUT2D eigenvalue weighted by Crippen LogP contribution is 2.13. The first kappa shape index (κ1) is 9.42. The maximum absolute atomic E-state index is 5.05. The Hall–Kier alpha value is -1.14. The summed E-state index contributed by atoms with van der Waals surface area (Å²) in [5.41, 5.74) is 0.672. The lowest BCUT2D eigenvalue weighted by atomic mass is 10.4. The second-order valence-corrected chi connectivity index (χ2v) is 3.76. The lowest BCUT2D eigenvalue weighted by molar-refractivity contribution is 1.09. The molecule has 0 amide bonds. The molecule has 0 fully saturated rings. The van der Waals surface area contributed by atoms with Gasteiger partial charge in [-0.05, 0) is 15.9 Å². The number of H-pyrrole nitrogens is 1. The van der Waals surface area contributed by atoms with Gasteiger partial charge in [0.15, 0.2) is 5.82 Å². The molecule has 14 heavy (non-hydrogen) atoms. The van der Waals surface area contributed by atoms with Crippen LogP contribution in [-0.2, 0) is 0 Å². The van der Waals surface area contributed by atoms with Crippen LogP contribution in [-0.4, -0.2) is 19.9 Å². The van der Waals surface area contributed by atoms with E-state index in [-0.39, 0.29) is 0 Å². The van der Waals surface area contributed by atoms with Gasteiger partial charge in [-0.15, -0.1) is 0 Å². The van der Waals surface area contributed by atoms with E-state index < -0.39 is 0 Å². The molecule has 0 bridgehead atoms. The van der Waals surface area contributed by atoms with E-state index in [9.17, 15) is 0 Å². The highest BCUT2D eigenvalue weighted by Gasteiger charge is 2.01. The Morgan fingerprint density at radius 3 is 2.71 bits per heavy atom. The molecule has 0 saturated carbocycles. The maximum Gasteiger partial charge on any atom is 0.158 e. The van der Waals surface area contributed by atoms with Crippen LogP contribution >= 0.6 is 28.1 Å². The zero-order valence-electron chi connectivity index (χ0n) is 6.94. The fourth-order valence-electron chi connectivity index (χ4n) is 0.931. The second kappa shape index (κ2) is 3.93. The molecule has 0 aliphatic carbocycles. The zero-order valence-corrected chi connectivity index (χ0v) is 9.34. The first-order valence-corrected chi connectivity index (χ1v) is 4.99. The summed E-state index contributed by atoms with van der Waals surface area (Å²) in [4.78, 5) is 15.1. The van der Waals surface area contributed by atoms with Crippen molar-refractivity contribution in [1.29, 1.82) is 0 Å². The fourth-order valence-corrected chi connectivity index (χ4v) is 1.28. The Labute approximate surface area is 93.6 Å². The molecular weight excluding hydrogens is 264 g/mol. The lowest BCUT2D eigenvalue weighted by Gasteiger charge is -1.98. The average Bonchev–Trinajstić information content (AvgIpc) is 2.23. The normalized spacial score (nSPS) is 10.1. The van der Waals surface area contributed by atoms with Crippen molar-refractivity contribution >= 4 is 28.1 Å². The minimum atomic E-state index is 0.598. The SMILES string of the molecule is S=c1[nH]c(-c2cnccn2)ncc1Br. The van der Waals surface area contributed by atoms with Crippen LogP contribution in [0, 0.1) is 4.64 Å². The Bertz CT molecular complexity index is 496. The van der Waals surface area contributed by atoms with E-state index >= 15 is 0 Å². The molecule has 0 aliphatic heterocycles. The third-order valence-electron chi connectivity index (χ3n) is 1.56. The van der Waals surface area contributed by atoms with Gasteiger partial charge in [-0.3, -0.25) is 4.98 Å². The minimum absolute atomic E-state index is 0.598. The molecule has 2 aromatic heterocycles. The van der Waals surface area contributed by atoms with E-state index in [2.05, 4.69) is 35.9 Å². The number of hydrogen-bond acceptors (Lipinski definition) is 4. The van der Waals surface area contributed by atoms with Gasteiger partial charge in [0.2, 0.25) is 0 Å². The topological polar surface area (TPSA) is 54.5 Å². The van der Waals surface area contributed by atoms with E-state index in [1.807, 2.05) is 0 Å². The number of nitrogens with zero attached hydrogens (tertiary/aromatic N) is 3. The van der Waals surface area contributed by atoms with Gasteiger partial charge >= 0.3 is 0 Å². The molecular formula is C8H5BrN4S. The summed E-state index contributed by atoms with van der Waals surface area (Å²) in [5.74, 6) is 0.617. The molecule has 1 N–H and O–H groups in total. The van der Waals surface area contributed by atoms with Gasteiger partial charge in [0, 0.05) is 18.6 Å². The Balaban J connectivity index is 2.54. The van der Waals surface area contributed by atoms with Crippen LogP contribution in [0.3, 0.4) is 0 Å². The van der Waals surface area contributed by atoms with E-state index in [0.717, 1.165) is 4.47 Å². The lowest BCUT2D eigenvalue weighted by Crippen LogP contribution is -1.92. The van der Waals surface area contributed by atoms with Gasteiger partial charge in [0.1, 0.15) is 10.3 Å². The zero-order chi connectivity index (χ0) is 9.97. The van der Waals surface area contributed by atoms with Crippen molar-refractivity contribution in [1.82, 2.24) is 19.9 Å². The summed E-state index contributed by atoms with van der Waals surface area (Å²) in [6.45, 7) is 0. The molecule has 2 heterocycles. The summed E-state index contributed by atoms with van der Waals surface area (Å²) >= 11 is 8.32. The Morgan fingerprint density at radius 1 is 1.21 bits per heavy atom. The summed E-state index contributed by atoms with van der Waals surface area (Å²) < 4.78 is 1.36. The molecule has 70 valence electrons. The summed E-state index contributed by atoms with van der Waals surface area (Å²) in [7, 11) is 0. The molecule has 0 spiro atoms. The monoisotopic (exact) mass is 268 g/mol. The molecule has 0 saturated heterocycles. The third kappa shape index (κ3) is 1.85. The fraction of sp³-hybridized carbons (Fsp3) is 0. The predicted octanol–water partition coefficient (Wildman–Crippen LogP) is 2.36. The largest absolute Gasteiger partial charge is 0.328 e. The number of nitrogens with one attached hydrogen (secondary N) is 1. The van der Waals surface area contributed by atoms with Crippen LogP contribution in [0.4, 0.5) is 0 Å². The van der Waals surface area contributed by atoms with Gasteiger partial charge in [-0.25, -0.2) is 9.97 Å². The molecule has 0 atom stereocenters. The van der Waals surface area contributed by atoms with E-state index in [0.29, 0.717) is 16.2 Å². The molecule has 2 rings (SSSR count). The van der Waals surface area contributed by atoms with E-state index in [1.165, 1.54) is 0 Å². The molecule has 0 aromatic carbocycles. The van der Waals surface area contributed by atoms with Crippen molar-refractivity contribution in [3.63, 3.8) is 0 Å². The van der Waals surface area contributed by atoms with Crippen molar-refractivity contribution in [2.45, 2.75) is 0 Å². The van der Waals surface area contributed by atoms with Gasteiger partial charge in [0.05, 0.1) is 10.7 Å². The van der Waals surface area contributed by atoms with Crippen molar-refractivity contribution in [2.75, 3.05) is 0 Å². The van der Waals surface area contributed by atoms with E-state index in [4.69, 9.17) is 12.2 Å². The molecule has 0 unspecified atom stereocenters. The van der Waals surface area contributed by atoms with Gasteiger partial charge in [-0.1, -0.05) is 12.2 Å².